The first kappa shape index (κ1) is 16.1. The number of carbonyl (C=O) groups is 3. The van der Waals surface area contributed by atoms with Gasteiger partial charge in [-0.3, -0.25) is 14.4 Å². The number of fused-ring (bicyclic) bond motifs is 2. The summed E-state index contributed by atoms with van der Waals surface area (Å²) in [5, 5.41) is 6.24. The molecular weight excluding hydrogens is 332 g/mol. The van der Waals surface area contributed by atoms with E-state index in [1.54, 1.807) is 36.4 Å². The van der Waals surface area contributed by atoms with Crippen LogP contribution >= 0.6 is 0 Å². The molecule has 0 fully saturated rings. The van der Waals surface area contributed by atoms with Crippen LogP contribution in [0.4, 0.5) is 11.4 Å². The third-order valence-electron chi connectivity index (χ3n) is 4.48. The van der Waals surface area contributed by atoms with Gasteiger partial charge in [0.1, 0.15) is 5.58 Å². The molecule has 1 aliphatic heterocycles. The third kappa shape index (κ3) is 2.65. The van der Waals surface area contributed by atoms with Crippen molar-refractivity contribution >= 4 is 39.9 Å². The van der Waals surface area contributed by atoms with E-state index in [1.165, 1.54) is 6.92 Å². The molecule has 2 amide bonds. The zero-order valence-electron chi connectivity index (χ0n) is 14.0. The van der Waals surface area contributed by atoms with Gasteiger partial charge in [0.25, 0.3) is 0 Å². The maximum absolute atomic E-state index is 12.9. The normalized spacial score (nSPS) is 16.0. The molecule has 1 atom stereocenters. The number of Topliss-reactive ketones (excluding diaryl/α,β-unsaturated/α-hetero) is 1. The SMILES string of the molecule is CC(=O)c1oc2ccccc2c1NC(=O)[C@H]1CC(=O)Nc2ccccc21. The summed E-state index contributed by atoms with van der Waals surface area (Å²) >= 11 is 0. The first-order chi connectivity index (χ1) is 12.5. The van der Waals surface area contributed by atoms with Gasteiger partial charge < -0.3 is 15.1 Å². The average Bonchev–Trinajstić information content (AvgIpc) is 3.00. The van der Waals surface area contributed by atoms with Gasteiger partial charge in [-0.2, -0.15) is 0 Å². The summed E-state index contributed by atoms with van der Waals surface area (Å²) in [6.07, 6.45) is 0.0496. The molecule has 0 saturated heterocycles. The van der Waals surface area contributed by atoms with Crippen molar-refractivity contribution in [1.82, 2.24) is 0 Å². The fourth-order valence-corrected chi connectivity index (χ4v) is 3.27. The molecule has 0 spiro atoms. The first-order valence-electron chi connectivity index (χ1n) is 8.26. The molecule has 0 unspecified atom stereocenters. The Morgan fingerprint density at radius 3 is 2.65 bits per heavy atom. The molecular formula is C20H16N2O4. The van der Waals surface area contributed by atoms with Crippen molar-refractivity contribution in [2.45, 2.75) is 19.3 Å². The fourth-order valence-electron chi connectivity index (χ4n) is 3.27. The van der Waals surface area contributed by atoms with E-state index in [4.69, 9.17) is 4.42 Å². The van der Waals surface area contributed by atoms with Crippen molar-refractivity contribution < 1.29 is 18.8 Å². The van der Waals surface area contributed by atoms with Gasteiger partial charge in [0.15, 0.2) is 11.5 Å². The van der Waals surface area contributed by atoms with Gasteiger partial charge in [-0.15, -0.1) is 0 Å². The van der Waals surface area contributed by atoms with Crippen LogP contribution in [-0.2, 0) is 9.59 Å². The minimum atomic E-state index is -0.631. The second-order valence-electron chi connectivity index (χ2n) is 6.24. The summed E-state index contributed by atoms with van der Waals surface area (Å²) < 4.78 is 5.60. The number of benzene rings is 2. The highest BCUT2D eigenvalue weighted by molar-refractivity contribution is 6.13. The molecule has 6 heteroatoms. The quantitative estimate of drug-likeness (QED) is 0.707. The predicted molar refractivity (Wildman–Crippen MR) is 97.3 cm³/mol. The molecule has 0 radical (unpaired) electrons. The summed E-state index contributed by atoms with van der Waals surface area (Å²) in [6.45, 7) is 1.39. The average molecular weight is 348 g/mol. The molecule has 1 aromatic heterocycles. The molecule has 0 saturated carbocycles. The lowest BCUT2D eigenvalue weighted by molar-refractivity contribution is -0.123. The Hall–Kier alpha value is -3.41. The number of anilines is 2. The van der Waals surface area contributed by atoms with Crippen LogP contribution < -0.4 is 10.6 Å². The van der Waals surface area contributed by atoms with Crippen molar-refractivity contribution in [3.8, 4) is 0 Å². The first-order valence-corrected chi connectivity index (χ1v) is 8.26. The van der Waals surface area contributed by atoms with Gasteiger partial charge in [-0.25, -0.2) is 0 Å². The number of ketones is 1. The number of nitrogens with one attached hydrogen (secondary N) is 2. The molecule has 2 heterocycles. The lowest BCUT2D eigenvalue weighted by atomic mass is 9.89. The number of carbonyl (C=O) groups excluding carboxylic acids is 3. The highest BCUT2D eigenvalue weighted by Gasteiger charge is 2.32. The highest BCUT2D eigenvalue weighted by atomic mass is 16.3. The Morgan fingerprint density at radius 2 is 1.85 bits per heavy atom. The lowest BCUT2D eigenvalue weighted by Gasteiger charge is -2.24. The third-order valence-corrected chi connectivity index (χ3v) is 4.48. The minimum absolute atomic E-state index is 0.0496. The van der Waals surface area contributed by atoms with Crippen LogP contribution in [0.15, 0.2) is 52.9 Å². The van der Waals surface area contributed by atoms with Crippen LogP contribution in [0.3, 0.4) is 0 Å². The Kier molecular flexibility index (Phi) is 3.80. The molecule has 3 aromatic rings. The standard InChI is InChI=1S/C20H16N2O4/c1-11(23)19-18(13-7-3-5-9-16(13)26-19)22-20(25)14-10-17(24)21-15-8-4-2-6-12(14)15/h2-9,14H,10H2,1H3,(H,21,24)(H,22,25)/t14-/m0/s1. The molecule has 6 nitrogen and oxygen atoms in total. The summed E-state index contributed by atoms with van der Waals surface area (Å²) in [5.74, 6) is -1.37. The van der Waals surface area contributed by atoms with Gasteiger partial charge >= 0.3 is 0 Å². The van der Waals surface area contributed by atoms with Crippen molar-refractivity contribution in [3.05, 3.63) is 59.9 Å². The van der Waals surface area contributed by atoms with Crippen LogP contribution in [0, 0.1) is 0 Å². The van der Waals surface area contributed by atoms with Crippen LogP contribution in [-0.4, -0.2) is 17.6 Å². The van der Waals surface area contributed by atoms with E-state index in [0.29, 0.717) is 22.3 Å². The van der Waals surface area contributed by atoms with E-state index >= 15 is 0 Å². The Labute approximate surface area is 149 Å². The van der Waals surface area contributed by atoms with E-state index < -0.39 is 5.92 Å². The van der Waals surface area contributed by atoms with Gasteiger partial charge in [0.2, 0.25) is 11.8 Å². The Bertz CT molecular complexity index is 1050. The molecule has 130 valence electrons. The Morgan fingerprint density at radius 1 is 1.12 bits per heavy atom. The van der Waals surface area contributed by atoms with Crippen molar-refractivity contribution in [1.29, 1.82) is 0 Å². The summed E-state index contributed by atoms with van der Waals surface area (Å²) in [4.78, 5) is 36.8. The highest BCUT2D eigenvalue weighted by Crippen LogP contribution is 2.35. The zero-order chi connectivity index (χ0) is 18.3. The van der Waals surface area contributed by atoms with E-state index in [-0.39, 0.29) is 29.8 Å². The molecule has 26 heavy (non-hydrogen) atoms. The maximum atomic E-state index is 12.9. The smallest absolute Gasteiger partial charge is 0.232 e. The van der Waals surface area contributed by atoms with E-state index in [9.17, 15) is 14.4 Å². The largest absolute Gasteiger partial charge is 0.451 e. The topological polar surface area (TPSA) is 88.4 Å². The minimum Gasteiger partial charge on any atom is -0.451 e. The molecule has 0 aliphatic carbocycles. The number of para-hydroxylation sites is 2. The number of hydrogen-bond acceptors (Lipinski definition) is 4. The monoisotopic (exact) mass is 348 g/mol. The Balaban J connectivity index is 1.74. The molecule has 2 aromatic carbocycles. The summed E-state index contributed by atoms with van der Waals surface area (Å²) in [6, 6.07) is 14.3. The van der Waals surface area contributed by atoms with Crippen molar-refractivity contribution in [3.63, 3.8) is 0 Å². The van der Waals surface area contributed by atoms with Gasteiger partial charge in [-0.1, -0.05) is 30.3 Å². The molecule has 2 N–H and O–H groups in total. The van der Waals surface area contributed by atoms with Gasteiger partial charge in [0.05, 0.1) is 11.6 Å². The molecule has 0 bridgehead atoms. The van der Waals surface area contributed by atoms with Gasteiger partial charge in [-0.05, 0) is 23.8 Å². The molecule has 1 aliphatic rings. The lowest BCUT2D eigenvalue weighted by Crippen LogP contribution is -2.31. The number of hydrogen-bond donors (Lipinski definition) is 2. The second kappa shape index (κ2) is 6.15. The van der Waals surface area contributed by atoms with Crippen molar-refractivity contribution in [2.24, 2.45) is 0 Å². The second-order valence-corrected chi connectivity index (χ2v) is 6.24. The maximum Gasteiger partial charge on any atom is 0.232 e. The van der Waals surface area contributed by atoms with Crippen LogP contribution in [0.1, 0.15) is 35.4 Å². The number of furan rings is 1. The molecule has 4 rings (SSSR count). The van der Waals surface area contributed by atoms with E-state index in [0.717, 1.165) is 5.56 Å². The van der Waals surface area contributed by atoms with Crippen LogP contribution in [0.2, 0.25) is 0 Å². The fraction of sp³-hybridized carbons (Fsp3) is 0.150. The predicted octanol–water partition coefficient (Wildman–Crippen LogP) is 3.70. The zero-order valence-corrected chi connectivity index (χ0v) is 14.0. The van der Waals surface area contributed by atoms with Crippen molar-refractivity contribution in [2.75, 3.05) is 10.6 Å². The van der Waals surface area contributed by atoms with Crippen LogP contribution in [0.25, 0.3) is 11.0 Å². The van der Waals surface area contributed by atoms with E-state index in [1.807, 2.05) is 12.1 Å². The number of amides is 2. The summed E-state index contributed by atoms with van der Waals surface area (Å²) in [7, 11) is 0. The summed E-state index contributed by atoms with van der Waals surface area (Å²) in [5.41, 5.74) is 2.26. The number of rotatable bonds is 3. The van der Waals surface area contributed by atoms with Gasteiger partial charge in [0, 0.05) is 24.4 Å². The van der Waals surface area contributed by atoms with E-state index in [2.05, 4.69) is 10.6 Å². The van der Waals surface area contributed by atoms with Crippen LogP contribution in [0.5, 0.6) is 0 Å².